The third-order valence-electron chi connectivity index (χ3n) is 2.56. The second kappa shape index (κ2) is 1.91. The van der Waals surface area contributed by atoms with E-state index < -0.39 is 17.9 Å². The van der Waals surface area contributed by atoms with Gasteiger partial charge in [-0.15, -0.1) is 0 Å². The van der Waals surface area contributed by atoms with E-state index in [0.29, 0.717) is 12.8 Å². The number of fused-ring (bicyclic) bond motifs is 1. The molecule has 4 heteroatoms. The second-order valence-electron chi connectivity index (χ2n) is 3.24. The first-order valence-electron chi connectivity index (χ1n) is 3.81. The molecule has 1 nitrogen and oxygen atoms in total. The Balaban J connectivity index is 2.13. The van der Waals surface area contributed by atoms with Gasteiger partial charge < -0.3 is 4.74 Å². The van der Waals surface area contributed by atoms with E-state index >= 15 is 0 Å². The van der Waals surface area contributed by atoms with Crippen molar-refractivity contribution in [2.75, 3.05) is 0 Å². The van der Waals surface area contributed by atoms with E-state index in [1.807, 2.05) is 0 Å². The molecule has 0 N–H and O–H groups in total. The molecule has 64 valence electrons. The SMILES string of the molecule is FC(F)(F)[C@]12CCCC[C@H]1O2. The van der Waals surface area contributed by atoms with Crippen molar-refractivity contribution in [3.8, 4) is 0 Å². The van der Waals surface area contributed by atoms with Crippen LogP contribution in [0.25, 0.3) is 0 Å². The maximum Gasteiger partial charge on any atom is 0.420 e. The average Bonchev–Trinajstić information content (AvgIpc) is 2.59. The van der Waals surface area contributed by atoms with Gasteiger partial charge in [-0.25, -0.2) is 0 Å². The molecule has 0 aromatic carbocycles. The summed E-state index contributed by atoms with van der Waals surface area (Å²) in [5.41, 5.74) is -1.72. The molecule has 0 radical (unpaired) electrons. The van der Waals surface area contributed by atoms with Gasteiger partial charge in [0.05, 0.1) is 6.10 Å². The fraction of sp³-hybridized carbons (Fsp3) is 1.00. The zero-order valence-electron chi connectivity index (χ0n) is 5.95. The number of epoxide rings is 1. The van der Waals surface area contributed by atoms with Gasteiger partial charge in [0.2, 0.25) is 0 Å². The van der Waals surface area contributed by atoms with Gasteiger partial charge in [0.1, 0.15) is 0 Å². The summed E-state index contributed by atoms with van der Waals surface area (Å²) in [7, 11) is 0. The largest absolute Gasteiger partial charge is 0.420 e. The first-order valence-corrected chi connectivity index (χ1v) is 3.81. The summed E-state index contributed by atoms with van der Waals surface area (Å²) in [5.74, 6) is 0. The number of alkyl halides is 3. The van der Waals surface area contributed by atoms with E-state index in [2.05, 4.69) is 0 Å². The summed E-state index contributed by atoms with van der Waals surface area (Å²) in [6.45, 7) is 0. The van der Waals surface area contributed by atoms with Crippen LogP contribution in [0.15, 0.2) is 0 Å². The van der Waals surface area contributed by atoms with Gasteiger partial charge in [-0.3, -0.25) is 0 Å². The predicted octanol–water partition coefficient (Wildman–Crippen LogP) is 2.26. The van der Waals surface area contributed by atoms with Crippen LogP contribution in [0, 0.1) is 0 Å². The maximum absolute atomic E-state index is 12.2. The average molecular weight is 166 g/mol. The standard InChI is InChI=1S/C7H9F3O/c8-7(9,10)6-4-2-1-3-5(6)11-6/h5H,1-4H2/t5-,6+/m1/s1. The van der Waals surface area contributed by atoms with Crippen molar-refractivity contribution < 1.29 is 17.9 Å². The Morgan fingerprint density at radius 3 is 2.45 bits per heavy atom. The van der Waals surface area contributed by atoms with Crippen LogP contribution >= 0.6 is 0 Å². The molecule has 2 aliphatic rings. The fourth-order valence-electron chi connectivity index (χ4n) is 1.84. The lowest BCUT2D eigenvalue weighted by Crippen LogP contribution is -2.36. The predicted molar refractivity (Wildman–Crippen MR) is 32.1 cm³/mol. The number of rotatable bonds is 0. The lowest BCUT2D eigenvalue weighted by Gasteiger charge is -2.19. The lowest BCUT2D eigenvalue weighted by molar-refractivity contribution is -0.187. The summed E-state index contributed by atoms with van der Waals surface area (Å²) in [4.78, 5) is 0. The van der Waals surface area contributed by atoms with Crippen LogP contribution < -0.4 is 0 Å². The highest BCUT2D eigenvalue weighted by Crippen LogP contribution is 2.56. The van der Waals surface area contributed by atoms with E-state index in [1.54, 1.807) is 0 Å². The molecule has 0 spiro atoms. The summed E-state index contributed by atoms with van der Waals surface area (Å²) in [6, 6.07) is 0. The molecule has 2 atom stereocenters. The number of ether oxygens (including phenoxy) is 1. The molecule has 1 saturated heterocycles. The monoisotopic (exact) mass is 166 g/mol. The highest BCUT2D eigenvalue weighted by Gasteiger charge is 2.73. The normalized spacial score (nSPS) is 43.4. The minimum absolute atomic E-state index is 0.168. The van der Waals surface area contributed by atoms with Crippen LogP contribution in [-0.2, 0) is 4.74 Å². The van der Waals surface area contributed by atoms with Crippen LogP contribution in [0.2, 0.25) is 0 Å². The van der Waals surface area contributed by atoms with Crippen molar-refractivity contribution in [1.82, 2.24) is 0 Å². The Hall–Kier alpha value is -0.250. The van der Waals surface area contributed by atoms with Crippen molar-refractivity contribution in [1.29, 1.82) is 0 Å². The van der Waals surface area contributed by atoms with Crippen molar-refractivity contribution in [3.63, 3.8) is 0 Å². The quantitative estimate of drug-likeness (QED) is 0.503. The molecule has 0 unspecified atom stereocenters. The van der Waals surface area contributed by atoms with E-state index in [-0.39, 0.29) is 6.42 Å². The molecule has 2 fully saturated rings. The molecule has 1 aliphatic carbocycles. The molecule has 0 aromatic rings. The van der Waals surface area contributed by atoms with Crippen molar-refractivity contribution in [2.45, 2.75) is 43.6 Å². The first kappa shape index (κ1) is 7.40. The van der Waals surface area contributed by atoms with E-state index in [0.717, 1.165) is 6.42 Å². The smallest absolute Gasteiger partial charge is 0.356 e. The van der Waals surface area contributed by atoms with E-state index in [9.17, 15) is 13.2 Å². The molecule has 1 heterocycles. The Morgan fingerprint density at radius 1 is 1.27 bits per heavy atom. The van der Waals surface area contributed by atoms with Gasteiger partial charge in [0.15, 0.2) is 5.60 Å². The molecule has 1 aliphatic heterocycles. The van der Waals surface area contributed by atoms with Crippen LogP contribution in [0.3, 0.4) is 0 Å². The topological polar surface area (TPSA) is 12.5 Å². The van der Waals surface area contributed by atoms with E-state index in [1.165, 1.54) is 0 Å². The first-order chi connectivity index (χ1) is 5.06. The lowest BCUT2D eigenvalue weighted by atomic mass is 9.89. The summed E-state index contributed by atoms with van der Waals surface area (Å²) in [5, 5.41) is 0. The number of hydrogen-bond acceptors (Lipinski definition) is 1. The number of hydrogen-bond donors (Lipinski definition) is 0. The summed E-state index contributed by atoms with van der Waals surface area (Å²) < 4.78 is 41.4. The molecular weight excluding hydrogens is 157 g/mol. The summed E-state index contributed by atoms with van der Waals surface area (Å²) in [6.07, 6.45) is -2.38. The molecule has 0 amide bonds. The van der Waals surface area contributed by atoms with Crippen LogP contribution in [0.5, 0.6) is 0 Å². The van der Waals surface area contributed by atoms with Gasteiger partial charge >= 0.3 is 6.18 Å². The van der Waals surface area contributed by atoms with Gasteiger partial charge in [0.25, 0.3) is 0 Å². The van der Waals surface area contributed by atoms with Gasteiger partial charge in [-0.05, 0) is 12.8 Å². The highest BCUT2D eigenvalue weighted by molar-refractivity contribution is 5.09. The minimum atomic E-state index is -4.14. The Bertz CT molecular complexity index is 177. The van der Waals surface area contributed by atoms with Crippen LogP contribution in [0.1, 0.15) is 25.7 Å². The number of halogens is 3. The molecule has 2 rings (SSSR count). The molecular formula is C7H9F3O. The Kier molecular flexibility index (Phi) is 1.29. The van der Waals surface area contributed by atoms with Crippen molar-refractivity contribution in [3.05, 3.63) is 0 Å². The highest BCUT2D eigenvalue weighted by atomic mass is 19.4. The Labute approximate surface area is 62.5 Å². The zero-order chi connectivity index (χ0) is 8.11. The molecule has 0 bridgehead atoms. The second-order valence-corrected chi connectivity index (χ2v) is 3.24. The zero-order valence-corrected chi connectivity index (χ0v) is 5.95. The van der Waals surface area contributed by atoms with Gasteiger partial charge in [-0.1, -0.05) is 12.8 Å². The van der Waals surface area contributed by atoms with Gasteiger partial charge in [0, 0.05) is 0 Å². The Morgan fingerprint density at radius 2 is 2.00 bits per heavy atom. The molecule has 1 saturated carbocycles. The van der Waals surface area contributed by atoms with Gasteiger partial charge in [-0.2, -0.15) is 13.2 Å². The van der Waals surface area contributed by atoms with Crippen molar-refractivity contribution in [2.24, 2.45) is 0 Å². The van der Waals surface area contributed by atoms with E-state index in [4.69, 9.17) is 4.74 Å². The maximum atomic E-state index is 12.2. The molecule has 0 aromatic heterocycles. The summed E-state index contributed by atoms with van der Waals surface area (Å²) >= 11 is 0. The molecule has 11 heavy (non-hydrogen) atoms. The van der Waals surface area contributed by atoms with Crippen LogP contribution in [-0.4, -0.2) is 17.9 Å². The third-order valence-corrected chi connectivity index (χ3v) is 2.56. The third kappa shape index (κ3) is 0.883. The van der Waals surface area contributed by atoms with Crippen LogP contribution in [0.4, 0.5) is 13.2 Å². The minimum Gasteiger partial charge on any atom is -0.356 e. The van der Waals surface area contributed by atoms with Crippen molar-refractivity contribution >= 4 is 0 Å². The fourth-order valence-corrected chi connectivity index (χ4v) is 1.84.